The zero-order valence-electron chi connectivity index (χ0n) is 11.6. The van der Waals surface area contributed by atoms with Crippen LogP contribution < -0.4 is 4.72 Å². The second kappa shape index (κ2) is 6.17. The number of nitrogens with one attached hydrogen (secondary N) is 1. The van der Waals surface area contributed by atoms with E-state index in [0.717, 1.165) is 4.47 Å². The summed E-state index contributed by atoms with van der Waals surface area (Å²) in [4.78, 5) is 4.08. The van der Waals surface area contributed by atoms with Crippen LogP contribution in [0.5, 0.6) is 0 Å². The molecule has 0 saturated carbocycles. The minimum atomic E-state index is -3.73. The Balaban J connectivity index is 2.33. The van der Waals surface area contributed by atoms with Crippen molar-refractivity contribution in [2.45, 2.75) is 31.4 Å². The van der Waals surface area contributed by atoms with E-state index in [1.54, 1.807) is 16.7 Å². The molecule has 2 rings (SSSR count). The number of hydrogen-bond donors (Lipinski definition) is 2. The Hall–Kier alpha value is -1.38. The second-order valence-corrected chi connectivity index (χ2v) is 7.39. The normalized spacial score (nSPS) is 11.9. The molecule has 8 heteroatoms. The predicted octanol–water partition coefficient (Wildman–Crippen LogP) is 2.52. The number of aliphatic hydroxyl groups excluding tert-OH is 1. The molecule has 0 aliphatic heterocycles. The first-order valence-corrected chi connectivity index (χ1v) is 8.57. The molecule has 2 heterocycles. The standard InChI is InChI=1S/C13H16BrN3O3S/c1-9(2)17-7-12(5-11(17)8-18)21(19,20)16-13-4-3-10(14)6-15-13/h3-7,9,18H,8H2,1-2H3,(H,15,16). The number of hydrogen-bond acceptors (Lipinski definition) is 4. The van der Waals surface area contributed by atoms with Crippen molar-refractivity contribution in [3.05, 3.63) is 40.8 Å². The minimum Gasteiger partial charge on any atom is -0.390 e. The van der Waals surface area contributed by atoms with E-state index >= 15 is 0 Å². The first-order chi connectivity index (χ1) is 9.83. The Morgan fingerprint density at radius 1 is 1.43 bits per heavy atom. The molecule has 0 bridgehead atoms. The summed E-state index contributed by atoms with van der Waals surface area (Å²) in [6.45, 7) is 3.61. The number of anilines is 1. The van der Waals surface area contributed by atoms with E-state index in [1.807, 2.05) is 13.8 Å². The number of rotatable bonds is 5. The smallest absolute Gasteiger partial charge is 0.264 e. The van der Waals surface area contributed by atoms with Gasteiger partial charge in [0, 0.05) is 28.6 Å². The van der Waals surface area contributed by atoms with E-state index < -0.39 is 10.0 Å². The molecule has 0 radical (unpaired) electrons. The molecule has 21 heavy (non-hydrogen) atoms. The first kappa shape index (κ1) is 16.0. The van der Waals surface area contributed by atoms with E-state index in [9.17, 15) is 13.5 Å². The van der Waals surface area contributed by atoms with Gasteiger partial charge in [0.15, 0.2) is 0 Å². The molecule has 2 N–H and O–H groups in total. The van der Waals surface area contributed by atoms with Gasteiger partial charge in [0.05, 0.1) is 6.61 Å². The zero-order chi connectivity index (χ0) is 15.6. The number of pyridine rings is 1. The number of aromatic nitrogens is 2. The molecule has 0 aliphatic rings. The van der Waals surface area contributed by atoms with Gasteiger partial charge < -0.3 is 9.67 Å². The number of aliphatic hydroxyl groups is 1. The summed E-state index contributed by atoms with van der Waals surface area (Å²) in [5.41, 5.74) is 0.550. The third kappa shape index (κ3) is 3.63. The molecular weight excluding hydrogens is 358 g/mol. The molecule has 0 aliphatic carbocycles. The van der Waals surface area contributed by atoms with E-state index in [0.29, 0.717) is 5.69 Å². The van der Waals surface area contributed by atoms with Crippen LogP contribution in [0.2, 0.25) is 0 Å². The molecule has 6 nitrogen and oxygen atoms in total. The molecule has 2 aromatic rings. The van der Waals surface area contributed by atoms with Crippen molar-refractivity contribution in [3.8, 4) is 0 Å². The van der Waals surface area contributed by atoms with Gasteiger partial charge >= 0.3 is 0 Å². The van der Waals surface area contributed by atoms with Crippen LogP contribution >= 0.6 is 15.9 Å². The van der Waals surface area contributed by atoms with E-state index in [1.165, 1.54) is 18.5 Å². The lowest BCUT2D eigenvalue weighted by atomic mass is 10.3. The van der Waals surface area contributed by atoms with Gasteiger partial charge in [-0.15, -0.1) is 0 Å². The van der Waals surface area contributed by atoms with Crippen LogP contribution in [0.1, 0.15) is 25.6 Å². The molecular formula is C13H16BrN3O3S. The summed E-state index contributed by atoms with van der Waals surface area (Å²) in [7, 11) is -3.73. The Morgan fingerprint density at radius 2 is 2.14 bits per heavy atom. The second-order valence-electron chi connectivity index (χ2n) is 4.79. The summed E-state index contributed by atoms with van der Waals surface area (Å²) in [6, 6.07) is 4.78. The monoisotopic (exact) mass is 373 g/mol. The summed E-state index contributed by atoms with van der Waals surface area (Å²) in [6.07, 6.45) is 3.02. The molecule has 0 aromatic carbocycles. The van der Waals surface area contributed by atoms with Crippen LogP contribution in [0.4, 0.5) is 5.82 Å². The lowest BCUT2D eigenvalue weighted by molar-refractivity contribution is 0.268. The highest BCUT2D eigenvalue weighted by Gasteiger charge is 2.19. The summed E-state index contributed by atoms with van der Waals surface area (Å²) >= 11 is 3.24. The van der Waals surface area contributed by atoms with Gasteiger partial charge in [-0.1, -0.05) is 0 Å². The minimum absolute atomic E-state index is 0.0573. The maximum absolute atomic E-state index is 12.3. The lowest BCUT2D eigenvalue weighted by Crippen LogP contribution is -2.13. The SMILES string of the molecule is CC(C)n1cc(S(=O)(=O)Nc2ccc(Br)cn2)cc1CO. The predicted molar refractivity (Wildman–Crippen MR) is 83.5 cm³/mol. The third-order valence-corrected chi connectivity index (χ3v) is 4.69. The fraction of sp³-hybridized carbons (Fsp3) is 0.308. The highest BCUT2D eigenvalue weighted by atomic mass is 79.9. The summed E-state index contributed by atoms with van der Waals surface area (Å²) in [5.74, 6) is 0.237. The molecule has 0 unspecified atom stereocenters. The van der Waals surface area contributed by atoms with Crippen molar-refractivity contribution in [1.29, 1.82) is 0 Å². The average Bonchev–Trinajstić information content (AvgIpc) is 2.86. The van der Waals surface area contributed by atoms with Gasteiger partial charge in [-0.2, -0.15) is 0 Å². The molecule has 0 atom stereocenters. The first-order valence-electron chi connectivity index (χ1n) is 6.29. The van der Waals surface area contributed by atoms with Crippen molar-refractivity contribution < 1.29 is 13.5 Å². The van der Waals surface area contributed by atoms with Crippen molar-refractivity contribution in [1.82, 2.24) is 9.55 Å². The number of sulfonamides is 1. The fourth-order valence-corrected chi connectivity index (χ4v) is 3.18. The number of halogens is 1. The topological polar surface area (TPSA) is 84.2 Å². The fourth-order valence-electron chi connectivity index (χ4n) is 1.88. The van der Waals surface area contributed by atoms with E-state index in [2.05, 4.69) is 25.6 Å². The van der Waals surface area contributed by atoms with Gasteiger partial charge in [0.25, 0.3) is 10.0 Å². The van der Waals surface area contributed by atoms with Crippen LogP contribution in [0, 0.1) is 0 Å². The quantitative estimate of drug-likeness (QED) is 0.843. The van der Waals surface area contributed by atoms with Crippen molar-refractivity contribution in [2.75, 3.05) is 4.72 Å². The molecule has 0 fully saturated rings. The summed E-state index contributed by atoms with van der Waals surface area (Å²) < 4.78 is 29.6. The molecule has 114 valence electrons. The third-order valence-electron chi connectivity index (χ3n) is 2.90. The van der Waals surface area contributed by atoms with E-state index in [4.69, 9.17) is 0 Å². The van der Waals surface area contributed by atoms with Crippen LogP contribution in [0.3, 0.4) is 0 Å². The van der Waals surface area contributed by atoms with E-state index in [-0.39, 0.29) is 23.4 Å². The maximum Gasteiger partial charge on any atom is 0.264 e. The van der Waals surface area contributed by atoms with Crippen LogP contribution in [0.15, 0.2) is 40.0 Å². The van der Waals surface area contributed by atoms with Crippen molar-refractivity contribution >= 4 is 31.8 Å². The molecule has 0 spiro atoms. The maximum atomic E-state index is 12.3. The van der Waals surface area contributed by atoms with Gasteiger partial charge in [-0.3, -0.25) is 4.72 Å². The van der Waals surface area contributed by atoms with Gasteiger partial charge in [-0.25, -0.2) is 13.4 Å². The van der Waals surface area contributed by atoms with Crippen LogP contribution in [-0.2, 0) is 16.6 Å². The average molecular weight is 374 g/mol. The summed E-state index contributed by atoms with van der Waals surface area (Å²) in [5, 5.41) is 9.31. The Morgan fingerprint density at radius 3 is 2.62 bits per heavy atom. The molecule has 0 amide bonds. The van der Waals surface area contributed by atoms with Crippen molar-refractivity contribution in [2.24, 2.45) is 0 Å². The highest BCUT2D eigenvalue weighted by Crippen LogP contribution is 2.21. The Labute approximate surface area is 132 Å². The molecule has 2 aromatic heterocycles. The Bertz CT molecular complexity index is 724. The van der Waals surface area contributed by atoms with Crippen molar-refractivity contribution in [3.63, 3.8) is 0 Å². The molecule has 0 saturated heterocycles. The van der Waals surface area contributed by atoms with Crippen LogP contribution in [0.25, 0.3) is 0 Å². The number of nitrogens with zero attached hydrogens (tertiary/aromatic N) is 2. The zero-order valence-corrected chi connectivity index (χ0v) is 14.0. The highest BCUT2D eigenvalue weighted by molar-refractivity contribution is 9.10. The van der Waals surface area contributed by atoms with Gasteiger partial charge in [0.2, 0.25) is 0 Å². The van der Waals surface area contributed by atoms with Crippen LogP contribution in [-0.4, -0.2) is 23.1 Å². The van der Waals surface area contributed by atoms with Gasteiger partial charge in [-0.05, 0) is 48.0 Å². The van der Waals surface area contributed by atoms with Gasteiger partial charge in [0.1, 0.15) is 10.7 Å². The lowest BCUT2D eigenvalue weighted by Gasteiger charge is -2.10. The Kier molecular flexibility index (Phi) is 4.70. The largest absolute Gasteiger partial charge is 0.390 e.